The summed E-state index contributed by atoms with van der Waals surface area (Å²) < 4.78 is 0. The fourth-order valence-corrected chi connectivity index (χ4v) is 4.01. The van der Waals surface area contributed by atoms with Gasteiger partial charge in [-0.1, -0.05) is 37.4 Å². The summed E-state index contributed by atoms with van der Waals surface area (Å²) in [5, 5.41) is 4.03. The van der Waals surface area contributed by atoms with Gasteiger partial charge in [0, 0.05) is 42.9 Å². The van der Waals surface area contributed by atoms with Gasteiger partial charge in [0.2, 0.25) is 5.91 Å². The Balaban J connectivity index is 1.44. The summed E-state index contributed by atoms with van der Waals surface area (Å²) >= 11 is 6.08. The van der Waals surface area contributed by atoms with Gasteiger partial charge >= 0.3 is 0 Å². The molecule has 1 aromatic rings. The van der Waals surface area contributed by atoms with Gasteiger partial charge in [0.15, 0.2) is 0 Å². The van der Waals surface area contributed by atoms with E-state index in [0.717, 1.165) is 37.6 Å². The first kappa shape index (κ1) is 17.6. The van der Waals surface area contributed by atoms with Crippen LogP contribution in [-0.4, -0.2) is 49.6 Å². The maximum absolute atomic E-state index is 12.3. The lowest BCUT2D eigenvalue weighted by Gasteiger charge is -2.36. The Hall–Kier alpha value is -1.26. The molecule has 0 unspecified atom stereocenters. The van der Waals surface area contributed by atoms with E-state index in [2.05, 4.69) is 28.1 Å². The van der Waals surface area contributed by atoms with Crippen LogP contribution in [0.25, 0.3) is 0 Å². The Morgan fingerprint density at radius 3 is 2.67 bits per heavy atom. The van der Waals surface area contributed by atoms with Gasteiger partial charge in [0.1, 0.15) is 0 Å². The number of carbonyl (C=O) groups is 1. The molecule has 1 heterocycles. The second-order valence-corrected chi connectivity index (χ2v) is 7.62. The van der Waals surface area contributed by atoms with Crippen molar-refractivity contribution in [3.63, 3.8) is 0 Å². The largest absolute Gasteiger partial charge is 0.369 e. The van der Waals surface area contributed by atoms with Gasteiger partial charge < -0.3 is 10.2 Å². The van der Waals surface area contributed by atoms with E-state index in [-0.39, 0.29) is 5.91 Å². The van der Waals surface area contributed by atoms with Crippen LogP contribution in [0, 0.1) is 5.92 Å². The van der Waals surface area contributed by atoms with E-state index < -0.39 is 0 Å². The molecule has 132 valence electrons. The summed E-state index contributed by atoms with van der Waals surface area (Å²) in [7, 11) is 0. The van der Waals surface area contributed by atoms with Crippen LogP contribution in [0.4, 0.5) is 5.69 Å². The van der Waals surface area contributed by atoms with Gasteiger partial charge in [0.05, 0.1) is 6.54 Å². The Bertz CT molecular complexity index is 557. The third-order valence-electron chi connectivity index (χ3n) is 5.37. The zero-order chi connectivity index (χ0) is 16.9. The number of halogens is 1. The average Bonchev–Trinajstić information content (AvgIpc) is 2.58. The SMILES string of the molecule is C[C@@H]1CCCC[C@@H]1NC(=O)CN1CCN(c2cccc(Cl)c2)CC1. The fraction of sp³-hybridized carbons (Fsp3) is 0.632. The van der Waals surface area contributed by atoms with E-state index in [0.29, 0.717) is 18.5 Å². The molecule has 1 N–H and O–H groups in total. The minimum atomic E-state index is 0.185. The van der Waals surface area contributed by atoms with Crippen molar-refractivity contribution in [2.75, 3.05) is 37.6 Å². The van der Waals surface area contributed by atoms with Crippen LogP contribution in [0.15, 0.2) is 24.3 Å². The molecule has 1 aliphatic heterocycles. The molecule has 1 saturated carbocycles. The fourth-order valence-electron chi connectivity index (χ4n) is 3.82. The van der Waals surface area contributed by atoms with Crippen molar-refractivity contribution < 1.29 is 4.79 Å². The van der Waals surface area contributed by atoms with Gasteiger partial charge in [-0.05, 0) is 37.0 Å². The molecule has 4 nitrogen and oxygen atoms in total. The summed E-state index contributed by atoms with van der Waals surface area (Å²) in [6.07, 6.45) is 4.92. The quantitative estimate of drug-likeness (QED) is 0.907. The molecule has 3 rings (SSSR count). The number of hydrogen-bond acceptors (Lipinski definition) is 3. The number of benzene rings is 1. The molecule has 0 spiro atoms. The molecule has 2 aliphatic rings. The monoisotopic (exact) mass is 349 g/mol. The first-order valence-corrected chi connectivity index (χ1v) is 9.52. The average molecular weight is 350 g/mol. The summed E-state index contributed by atoms with van der Waals surface area (Å²) in [6, 6.07) is 8.37. The normalized spacial score (nSPS) is 25.5. The van der Waals surface area contributed by atoms with Crippen molar-refractivity contribution in [2.24, 2.45) is 5.92 Å². The van der Waals surface area contributed by atoms with Gasteiger partial charge in [-0.2, -0.15) is 0 Å². The van der Waals surface area contributed by atoms with Crippen molar-refractivity contribution in [1.29, 1.82) is 0 Å². The molecule has 1 saturated heterocycles. The molecule has 1 aromatic carbocycles. The molecule has 0 radical (unpaired) electrons. The van der Waals surface area contributed by atoms with Gasteiger partial charge in [-0.25, -0.2) is 0 Å². The first-order chi connectivity index (χ1) is 11.6. The maximum atomic E-state index is 12.3. The highest BCUT2D eigenvalue weighted by molar-refractivity contribution is 6.30. The van der Waals surface area contributed by atoms with Crippen molar-refractivity contribution >= 4 is 23.2 Å². The number of hydrogen-bond donors (Lipinski definition) is 1. The van der Waals surface area contributed by atoms with E-state index in [1.54, 1.807) is 0 Å². The predicted molar refractivity (Wildman–Crippen MR) is 99.7 cm³/mol. The molecule has 2 atom stereocenters. The number of nitrogens with zero attached hydrogens (tertiary/aromatic N) is 2. The number of piperazine rings is 1. The zero-order valence-electron chi connectivity index (χ0n) is 14.5. The summed E-state index contributed by atoms with van der Waals surface area (Å²) in [5.41, 5.74) is 1.17. The summed E-state index contributed by atoms with van der Waals surface area (Å²) in [5.74, 6) is 0.798. The van der Waals surface area contributed by atoms with E-state index >= 15 is 0 Å². The van der Waals surface area contributed by atoms with E-state index in [1.807, 2.05) is 18.2 Å². The van der Waals surface area contributed by atoms with Gasteiger partial charge in [0.25, 0.3) is 0 Å². The molecule has 1 amide bonds. The zero-order valence-corrected chi connectivity index (χ0v) is 15.3. The molecule has 2 fully saturated rings. The number of anilines is 1. The van der Waals surface area contributed by atoms with Crippen molar-refractivity contribution in [3.05, 3.63) is 29.3 Å². The standard InChI is InChI=1S/C19H28ClN3O/c1-15-5-2-3-8-18(15)21-19(24)14-22-9-11-23(12-10-22)17-7-4-6-16(20)13-17/h4,6-7,13,15,18H,2-3,5,8-12,14H2,1H3,(H,21,24)/t15-,18+/m1/s1. The van der Waals surface area contributed by atoms with Gasteiger partial charge in [-0.3, -0.25) is 9.69 Å². The van der Waals surface area contributed by atoms with Crippen molar-refractivity contribution in [1.82, 2.24) is 10.2 Å². The smallest absolute Gasteiger partial charge is 0.234 e. The van der Waals surface area contributed by atoms with Crippen LogP contribution in [0.3, 0.4) is 0 Å². The Morgan fingerprint density at radius 1 is 1.21 bits per heavy atom. The van der Waals surface area contributed by atoms with Crippen LogP contribution in [-0.2, 0) is 4.79 Å². The lowest BCUT2D eigenvalue weighted by atomic mass is 9.86. The third kappa shape index (κ3) is 4.64. The molecule has 24 heavy (non-hydrogen) atoms. The first-order valence-electron chi connectivity index (χ1n) is 9.14. The molecule has 0 aromatic heterocycles. The van der Waals surface area contributed by atoms with E-state index in [1.165, 1.54) is 24.9 Å². The summed E-state index contributed by atoms with van der Waals surface area (Å²) in [4.78, 5) is 16.9. The summed E-state index contributed by atoms with van der Waals surface area (Å²) in [6.45, 7) is 6.49. The molecular formula is C19H28ClN3O. The molecule has 0 bridgehead atoms. The number of nitrogens with one attached hydrogen (secondary N) is 1. The van der Waals surface area contributed by atoms with Crippen LogP contribution in [0.5, 0.6) is 0 Å². The second-order valence-electron chi connectivity index (χ2n) is 7.18. The van der Waals surface area contributed by atoms with Crippen LogP contribution in [0.1, 0.15) is 32.6 Å². The Kier molecular flexibility index (Phi) is 6.01. The molecular weight excluding hydrogens is 322 g/mol. The number of rotatable bonds is 4. The van der Waals surface area contributed by atoms with Gasteiger partial charge in [-0.15, -0.1) is 0 Å². The minimum absolute atomic E-state index is 0.185. The third-order valence-corrected chi connectivity index (χ3v) is 5.61. The van der Waals surface area contributed by atoms with Crippen LogP contribution < -0.4 is 10.2 Å². The number of amides is 1. The Morgan fingerprint density at radius 2 is 1.96 bits per heavy atom. The highest BCUT2D eigenvalue weighted by atomic mass is 35.5. The van der Waals surface area contributed by atoms with Crippen LogP contribution in [0.2, 0.25) is 5.02 Å². The molecule has 1 aliphatic carbocycles. The van der Waals surface area contributed by atoms with Crippen molar-refractivity contribution in [2.45, 2.75) is 38.6 Å². The highest BCUT2D eigenvalue weighted by Gasteiger charge is 2.24. The van der Waals surface area contributed by atoms with E-state index in [9.17, 15) is 4.79 Å². The highest BCUT2D eigenvalue weighted by Crippen LogP contribution is 2.24. The minimum Gasteiger partial charge on any atom is -0.369 e. The van der Waals surface area contributed by atoms with Crippen LogP contribution >= 0.6 is 11.6 Å². The number of carbonyl (C=O) groups excluding carboxylic acids is 1. The van der Waals surface area contributed by atoms with Crippen molar-refractivity contribution in [3.8, 4) is 0 Å². The second kappa shape index (κ2) is 8.21. The predicted octanol–water partition coefficient (Wildman–Crippen LogP) is 3.16. The topological polar surface area (TPSA) is 35.6 Å². The lowest BCUT2D eigenvalue weighted by Crippen LogP contribution is -2.51. The maximum Gasteiger partial charge on any atom is 0.234 e. The lowest BCUT2D eigenvalue weighted by molar-refractivity contribution is -0.123. The van der Waals surface area contributed by atoms with E-state index in [4.69, 9.17) is 11.6 Å². The Labute approximate surface area is 150 Å². The molecule has 5 heteroatoms.